The van der Waals surface area contributed by atoms with E-state index in [1.807, 2.05) is 24.5 Å². The van der Waals surface area contributed by atoms with Crippen LogP contribution in [0.2, 0.25) is 0 Å². The maximum Gasteiger partial charge on any atom is 0.134 e. The molecule has 0 atom stereocenters. The van der Waals surface area contributed by atoms with Crippen molar-refractivity contribution in [2.75, 3.05) is 0 Å². The summed E-state index contributed by atoms with van der Waals surface area (Å²) < 4.78 is 0. The van der Waals surface area contributed by atoms with Crippen molar-refractivity contribution < 1.29 is 5.11 Å². The lowest BCUT2D eigenvalue weighted by Gasteiger charge is -2.02. The molecule has 0 unspecified atom stereocenters. The molecule has 0 spiro atoms. The smallest absolute Gasteiger partial charge is 0.134 e. The van der Waals surface area contributed by atoms with E-state index in [4.69, 9.17) is 0 Å². The van der Waals surface area contributed by atoms with Crippen LogP contribution in [-0.4, -0.2) is 30.3 Å². The van der Waals surface area contributed by atoms with Gasteiger partial charge < -0.3 is 10.1 Å². The highest BCUT2D eigenvalue weighted by Gasteiger charge is 2.15. The van der Waals surface area contributed by atoms with Crippen molar-refractivity contribution >= 4 is 33.1 Å². The molecule has 0 saturated heterocycles. The fourth-order valence-corrected chi connectivity index (χ4v) is 4.47. The van der Waals surface area contributed by atoms with Gasteiger partial charge >= 0.3 is 0 Å². The Kier molecular flexibility index (Phi) is 3.69. The van der Waals surface area contributed by atoms with E-state index in [0.717, 1.165) is 55.4 Å². The summed E-state index contributed by atoms with van der Waals surface area (Å²) in [6.07, 6.45) is 6.91. The Labute approximate surface area is 174 Å². The molecule has 144 valence electrons. The third kappa shape index (κ3) is 2.67. The fraction of sp³-hybridized carbons (Fsp3) is 0. The van der Waals surface area contributed by atoms with Crippen LogP contribution in [0.5, 0.6) is 5.75 Å². The molecule has 0 aliphatic heterocycles. The number of hydrogen-bond acceptors (Lipinski definition) is 5. The van der Waals surface area contributed by atoms with Crippen LogP contribution >= 0.6 is 11.3 Å². The predicted octanol–water partition coefficient (Wildman–Crippen LogP) is 5.60. The lowest BCUT2D eigenvalue weighted by Crippen LogP contribution is -1.82. The Hall–Kier alpha value is -3.97. The van der Waals surface area contributed by atoms with E-state index >= 15 is 0 Å². The van der Waals surface area contributed by atoms with Crippen molar-refractivity contribution in [3.63, 3.8) is 0 Å². The summed E-state index contributed by atoms with van der Waals surface area (Å²) in [6, 6.07) is 12.0. The van der Waals surface area contributed by atoms with E-state index in [1.165, 1.54) is 6.20 Å². The van der Waals surface area contributed by atoms with Crippen LogP contribution in [0.1, 0.15) is 0 Å². The van der Waals surface area contributed by atoms with Crippen LogP contribution in [0.3, 0.4) is 0 Å². The first-order chi connectivity index (χ1) is 14.8. The number of nitrogens with zero attached hydrogens (tertiary/aromatic N) is 3. The minimum atomic E-state index is 0.143. The molecular formula is C23H15N5OS. The number of pyridine rings is 2. The molecule has 5 aromatic heterocycles. The number of fused-ring (bicyclic) bond motifs is 2. The highest BCUT2D eigenvalue weighted by atomic mass is 32.1. The van der Waals surface area contributed by atoms with Gasteiger partial charge in [-0.25, -0.2) is 0 Å². The Balaban J connectivity index is 1.52. The van der Waals surface area contributed by atoms with Crippen molar-refractivity contribution in [2.24, 2.45) is 0 Å². The lowest BCUT2D eigenvalue weighted by molar-refractivity contribution is 0.473. The highest BCUT2D eigenvalue weighted by molar-refractivity contribution is 7.08. The van der Waals surface area contributed by atoms with Gasteiger partial charge in [0, 0.05) is 34.3 Å². The number of nitrogens with one attached hydrogen (secondary N) is 2. The first-order valence-electron chi connectivity index (χ1n) is 9.38. The van der Waals surface area contributed by atoms with Crippen LogP contribution in [0.25, 0.3) is 55.4 Å². The number of hydrogen-bond donors (Lipinski definition) is 3. The van der Waals surface area contributed by atoms with Gasteiger partial charge in [-0.3, -0.25) is 15.1 Å². The van der Waals surface area contributed by atoms with Crippen molar-refractivity contribution in [2.45, 2.75) is 0 Å². The zero-order valence-corrected chi connectivity index (χ0v) is 16.4. The molecule has 0 bridgehead atoms. The summed E-state index contributed by atoms with van der Waals surface area (Å²) in [6.45, 7) is 0. The summed E-state index contributed by atoms with van der Waals surface area (Å²) >= 11 is 1.67. The zero-order valence-electron chi connectivity index (χ0n) is 15.6. The molecule has 3 N–H and O–H groups in total. The van der Waals surface area contributed by atoms with Gasteiger partial charge in [0.2, 0.25) is 0 Å². The molecule has 0 amide bonds. The molecule has 6 rings (SSSR count). The second-order valence-electron chi connectivity index (χ2n) is 7.11. The van der Waals surface area contributed by atoms with Crippen LogP contribution in [0.15, 0.2) is 71.9 Å². The minimum Gasteiger partial charge on any atom is -0.506 e. The number of rotatable bonds is 3. The number of aromatic amines is 2. The first-order valence-corrected chi connectivity index (χ1v) is 10.3. The maximum absolute atomic E-state index is 9.77. The Morgan fingerprint density at radius 1 is 0.800 bits per heavy atom. The average molecular weight is 409 g/mol. The average Bonchev–Trinajstić information content (AvgIpc) is 3.51. The summed E-state index contributed by atoms with van der Waals surface area (Å²) in [5.41, 5.74) is 7.75. The largest absolute Gasteiger partial charge is 0.506 e. The normalized spacial score (nSPS) is 11.5. The summed E-state index contributed by atoms with van der Waals surface area (Å²) in [4.78, 5) is 12.0. The van der Waals surface area contributed by atoms with Crippen molar-refractivity contribution in [3.8, 4) is 39.4 Å². The Morgan fingerprint density at radius 3 is 2.60 bits per heavy atom. The van der Waals surface area contributed by atoms with Gasteiger partial charge in [0.1, 0.15) is 11.4 Å². The third-order valence-corrected chi connectivity index (χ3v) is 5.94. The van der Waals surface area contributed by atoms with Gasteiger partial charge in [-0.15, -0.1) is 0 Å². The van der Waals surface area contributed by atoms with Gasteiger partial charge in [0.25, 0.3) is 0 Å². The maximum atomic E-state index is 9.77. The summed E-state index contributed by atoms with van der Waals surface area (Å²) in [5, 5.41) is 23.8. The van der Waals surface area contributed by atoms with Gasteiger partial charge in [0.15, 0.2) is 0 Å². The SMILES string of the molecule is Oc1cncc(-c2ccc3[nH]nc(-c4cc5c(-c6ccsc6)cncc5[nH]4)c3c2)c1. The predicted molar refractivity (Wildman–Crippen MR) is 119 cm³/mol. The van der Waals surface area contributed by atoms with Gasteiger partial charge in [0.05, 0.1) is 29.1 Å². The van der Waals surface area contributed by atoms with Crippen LogP contribution < -0.4 is 0 Å². The van der Waals surface area contributed by atoms with E-state index < -0.39 is 0 Å². The van der Waals surface area contributed by atoms with Gasteiger partial charge in [-0.2, -0.15) is 16.4 Å². The van der Waals surface area contributed by atoms with Crippen molar-refractivity contribution in [3.05, 3.63) is 71.9 Å². The van der Waals surface area contributed by atoms with E-state index in [0.29, 0.717) is 0 Å². The molecule has 5 heterocycles. The topological polar surface area (TPSA) is 90.5 Å². The quantitative estimate of drug-likeness (QED) is 0.355. The second kappa shape index (κ2) is 6.53. The zero-order chi connectivity index (χ0) is 20.1. The first kappa shape index (κ1) is 16.9. The molecule has 0 aliphatic carbocycles. The lowest BCUT2D eigenvalue weighted by atomic mass is 10.0. The molecule has 30 heavy (non-hydrogen) atoms. The molecule has 6 nitrogen and oxygen atoms in total. The number of benzene rings is 1. The molecule has 0 aliphatic rings. The molecule has 7 heteroatoms. The van der Waals surface area contributed by atoms with Gasteiger partial charge in [-0.05, 0) is 52.2 Å². The molecule has 1 aromatic carbocycles. The summed E-state index contributed by atoms with van der Waals surface area (Å²) in [7, 11) is 0. The van der Waals surface area contributed by atoms with Crippen LogP contribution in [-0.2, 0) is 0 Å². The number of thiophene rings is 1. The minimum absolute atomic E-state index is 0.143. The second-order valence-corrected chi connectivity index (χ2v) is 7.89. The number of aromatic nitrogens is 5. The number of aromatic hydroxyl groups is 1. The third-order valence-electron chi connectivity index (χ3n) is 5.25. The molecule has 6 aromatic rings. The molecular weight excluding hydrogens is 394 g/mol. The highest BCUT2D eigenvalue weighted by Crippen LogP contribution is 2.35. The van der Waals surface area contributed by atoms with Crippen molar-refractivity contribution in [1.82, 2.24) is 25.1 Å². The molecule has 0 radical (unpaired) electrons. The molecule has 0 saturated carbocycles. The van der Waals surface area contributed by atoms with Crippen LogP contribution in [0.4, 0.5) is 0 Å². The van der Waals surface area contributed by atoms with Crippen molar-refractivity contribution in [1.29, 1.82) is 0 Å². The van der Waals surface area contributed by atoms with Crippen LogP contribution in [0, 0.1) is 0 Å². The van der Waals surface area contributed by atoms with E-state index in [2.05, 4.69) is 54.1 Å². The van der Waals surface area contributed by atoms with E-state index in [-0.39, 0.29) is 5.75 Å². The Bertz CT molecular complexity index is 1510. The standard InChI is InChI=1S/C23H15N5OS/c29-16-5-15(8-24-9-16)13-1-2-20-18(6-13)23(28-27-20)21-7-17-19(14-3-4-30-12-14)10-25-11-22(17)26-21/h1-12,26,29H,(H,27,28). The monoisotopic (exact) mass is 409 g/mol. The number of H-pyrrole nitrogens is 2. The fourth-order valence-electron chi connectivity index (χ4n) is 3.81. The Morgan fingerprint density at radius 2 is 1.73 bits per heavy atom. The van der Waals surface area contributed by atoms with Gasteiger partial charge in [-0.1, -0.05) is 6.07 Å². The van der Waals surface area contributed by atoms with E-state index in [1.54, 1.807) is 23.6 Å². The van der Waals surface area contributed by atoms with E-state index in [9.17, 15) is 5.11 Å². The molecule has 0 fully saturated rings. The summed E-state index contributed by atoms with van der Waals surface area (Å²) in [5.74, 6) is 0.143.